The zero-order chi connectivity index (χ0) is 22.2. The molecule has 1 atom stereocenters. The molecule has 0 bridgehead atoms. The summed E-state index contributed by atoms with van der Waals surface area (Å²) in [6.07, 6.45) is 0. The summed E-state index contributed by atoms with van der Waals surface area (Å²) < 4.78 is 0. The fourth-order valence-corrected chi connectivity index (χ4v) is 3.89. The van der Waals surface area contributed by atoms with Gasteiger partial charge < -0.3 is 14.9 Å². The normalized spacial score (nSPS) is 18.5. The van der Waals surface area contributed by atoms with Gasteiger partial charge in [0.1, 0.15) is 5.76 Å². The number of carbonyl (C=O) groups is 2. The average Bonchev–Trinajstić information content (AvgIpc) is 2.94. The molecule has 0 saturated carbocycles. The highest BCUT2D eigenvalue weighted by molar-refractivity contribution is 6.47. The SMILES string of the molecule is Cc1ccc(C)c(C(O)=C2C(=O)C(=O)N(CCN(C)C)C2c2ccc(Cl)c(Cl)c2)c1. The Bertz CT molecular complexity index is 1050. The number of ketones is 1. The number of aryl methyl sites for hydroxylation is 2. The van der Waals surface area contributed by atoms with Crippen LogP contribution in [0.4, 0.5) is 0 Å². The minimum Gasteiger partial charge on any atom is -0.507 e. The lowest BCUT2D eigenvalue weighted by molar-refractivity contribution is -0.140. The van der Waals surface area contributed by atoms with E-state index in [1.165, 1.54) is 4.90 Å². The summed E-state index contributed by atoms with van der Waals surface area (Å²) in [6, 6.07) is 9.86. The van der Waals surface area contributed by atoms with E-state index in [-0.39, 0.29) is 11.3 Å². The van der Waals surface area contributed by atoms with Gasteiger partial charge in [-0.2, -0.15) is 0 Å². The van der Waals surface area contributed by atoms with Crippen molar-refractivity contribution in [3.05, 3.63) is 74.3 Å². The molecule has 0 aliphatic carbocycles. The molecule has 3 rings (SSSR count). The largest absolute Gasteiger partial charge is 0.507 e. The summed E-state index contributed by atoms with van der Waals surface area (Å²) in [5.74, 6) is -1.53. The van der Waals surface area contributed by atoms with Gasteiger partial charge in [0.15, 0.2) is 0 Å². The maximum absolute atomic E-state index is 13.0. The van der Waals surface area contributed by atoms with E-state index in [0.29, 0.717) is 34.3 Å². The lowest BCUT2D eigenvalue weighted by atomic mass is 9.93. The number of carbonyl (C=O) groups excluding carboxylic acids is 2. The van der Waals surface area contributed by atoms with E-state index in [0.717, 1.165) is 11.1 Å². The maximum Gasteiger partial charge on any atom is 0.295 e. The average molecular weight is 447 g/mol. The first kappa shape index (κ1) is 22.3. The summed E-state index contributed by atoms with van der Waals surface area (Å²) in [7, 11) is 3.78. The van der Waals surface area contributed by atoms with Crippen LogP contribution >= 0.6 is 23.2 Å². The molecule has 1 heterocycles. The van der Waals surface area contributed by atoms with Gasteiger partial charge in [0, 0.05) is 18.7 Å². The van der Waals surface area contributed by atoms with Crippen LogP contribution in [-0.2, 0) is 9.59 Å². The fraction of sp³-hybridized carbons (Fsp3) is 0.304. The van der Waals surface area contributed by atoms with Crippen LogP contribution in [0.3, 0.4) is 0 Å². The predicted molar refractivity (Wildman–Crippen MR) is 120 cm³/mol. The Morgan fingerprint density at radius 3 is 2.40 bits per heavy atom. The quantitative estimate of drug-likeness (QED) is 0.414. The van der Waals surface area contributed by atoms with Crippen LogP contribution in [0, 0.1) is 13.8 Å². The minimum atomic E-state index is -0.750. The van der Waals surface area contributed by atoms with Crippen molar-refractivity contribution in [2.75, 3.05) is 27.2 Å². The van der Waals surface area contributed by atoms with E-state index in [2.05, 4.69) is 0 Å². The van der Waals surface area contributed by atoms with Gasteiger partial charge in [0.2, 0.25) is 0 Å². The number of hydrogen-bond donors (Lipinski definition) is 1. The fourth-order valence-electron chi connectivity index (χ4n) is 3.58. The zero-order valence-corrected chi connectivity index (χ0v) is 18.9. The molecule has 2 aromatic carbocycles. The summed E-state index contributed by atoms with van der Waals surface area (Å²) in [6.45, 7) is 4.65. The molecule has 1 amide bonds. The first-order valence-corrected chi connectivity index (χ1v) is 10.3. The monoisotopic (exact) mass is 446 g/mol. The standard InChI is InChI=1S/C23H24Cl2N2O3/c1-13-5-6-14(2)16(11-13)21(28)19-20(15-7-8-17(24)18(25)12-15)27(10-9-26(3)4)23(30)22(19)29/h5-8,11-12,20,28H,9-10H2,1-4H3. The highest BCUT2D eigenvalue weighted by Gasteiger charge is 2.46. The number of hydrogen-bond acceptors (Lipinski definition) is 4. The van der Waals surface area contributed by atoms with Gasteiger partial charge in [-0.1, -0.05) is 47.0 Å². The van der Waals surface area contributed by atoms with Crippen LogP contribution in [0.25, 0.3) is 5.76 Å². The number of halogens is 2. The van der Waals surface area contributed by atoms with E-state index in [1.54, 1.807) is 18.2 Å². The van der Waals surface area contributed by atoms with Crippen molar-refractivity contribution >= 4 is 40.7 Å². The Balaban J connectivity index is 2.22. The van der Waals surface area contributed by atoms with Gasteiger partial charge in [-0.3, -0.25) is 9.59 Å². The molecule has 0 spiro atoms. The number of aliphatic hydroxyl groups excluding tert-OH is 1. The Kier molecular flexibility index (Phi) is 6.56. The van der Waals surface area contributed by atoms with Gasteiger partial charge in [0.25, 0.3) is 11.7 Å². The van der Waals surface area contributed by atoms with Crippen molar-refractivity contribution in [1.29, 1.82) is 0 Å². The van der Waals surface area contributed by atoms with Crippen LogP contribution < -0.4 is 0 Å². The van der Waals surface area contributed by atoms with E-state index in [9.17, 15) is 14.7 Å². The Morgan fingerprint density at radius 1 is 1.07 bits per heavy atom. The van der Waals surface area contributed by atoms with Crippen LogP contribution in [0.5, 0.6) is 0 Å². The van der Waals surface area contributed by atoms with Crippen molar-refractivity contribution in [3.8, 4) is 0 Å². The van der Waals surface area contributed by atoms with E-state index >= 15 is 0 Å². The molecule has 5 nitrogen and oxygen atoms in total. The van der Waals surface area contributed by atoms with Gasteiger partial charge in [-0.15, -0.1) is 0 Å². The maximum atomic E-state index is 13.0. The van der Waals surface area contributed by atoms with Crippen LogP contribution in [-0.4, -0.2) is 53.8 Å². The van der Waals surface area contributed by atoms with Crippen molar-refractivity contribution in [2.45, 2.75) is 19.9 Å². The van der Waals surface area contributed by atoms with Crippen molar-refractivity contribution in [2.24, 2.45) is 0 Å². The van der Waals surface area contributed by atoms with Crippen molar-refractivity contribution < 1.29 is 14.7 Å². The lowest BCUT2D eigenvalue weighted by Crippen LogP contribution is -2.35. The van der Waals surface area contributed by atoms with Crippen LogP contribution in [0.1, 0.15) is 28.3 Å². The number of amides is 1. The van der Waals surface area contributed by atoms with E-state index in [4.69, 9.17) is 23.2 Å². The van der Waals surface area contributed by atoms with Crippen molar-refractivity contribution in [3.63, 3.8) is 0 Å². The molecule has 0 radical (unpaired) electrons. The molecule has 0 aromatic heterocycles. The molecular formula is C23H24Cl2N2O3. The lowest BCUT2D eigenvalue weighted by Gasteiger charge is -2.27. The number of Topliss-reactive ketones (excluding diaryl/α,β-unsaturated/α-hetero) is 1. The van der Waals surface area contributed by atoms with Gasteiger partial charge >= 0.3 is 0 Å². The molecule has 1 aliphatic heterocycles. The summed E-state index contributed by atoms with van der Waals surface area (Å²) >= 11 is 12.3. The Labute approximate surface area is 186 Å². The van der Waals surface area contributed by atoms with Gasteiger partial charge in [-0.25, -0.2) is 0 Å². The molecule has 158 valence electrons. The highest BCUT2D eigenvalue weighted by Crippen LogP contribution is 2.41. The van der Waals surface area contributed by atoms with E-state index in [1.807, 2.05) is 51.0 Å². The number of benzene rings is 2. The second-order valence-electron chi connectivity index (χ2n) is 7.79. The Morgan fingerprint density at radius 2 is 1.77 bits per heavy atom. The minimum absolute atomic E-state index is 0.0610. The van der Waals surface area contributed by atoms with Crippen LogP contribution in [0.15, 0.2) is 42.0 Å². The first-order chi connectivity index (χ1) is 14.1. The smallest absolute Gasteiger partial charge is 0.295 e. The summed E-state index contributed by atoms with van der Waals surface area (Å²) in [4.78, 5) is 29.3. The topological polar surface area (TPSA) is 60.9 Å². The molecular weight excluding hydrogens is 423 g/mol. The van der Waals surface area contributed by atoms with E-state index < -0.39 is 17.7 Å². The molecule has 1 unspecified atom stereocenters. The molecule has 1 saturated heterocycles. The summed E-state index contributed by atoms with van der Waals surface area (Å²) in [5, 5.41) is 11.9. The molecule has 2 aromatic rings. The third-order valence-electron chi connectivity index (χ3n) is 5.24. The first-order valence-electron chi connectivity index (χ1n) is 9.57. The van der Waals surface area contributed by atoms with Gasteiger partial charge in [0.05, 0.1) is 21.7 Å². The molecule has 7 heteroatoms. The third kappa shape index (κ3) is 4.24. The molecule has 1 aliphatic rings. The Hall–Kier alpha value is -2.34. The number of nitrogens with zero attached hydrogens (tertiary/aromatic N) is 2. The zero-order valence-electron chi connectivity index (χ0n) is 17.4. The van der Waals surface area contributed by atoms with Crippen LogP contribution in [0.2, 0.25) is 10.0 Å². The van der Waals surface area contributed by atoms with Gasteiger partial charge in [-0.05, 0) is 57.3 Å². The number of likely N-dealkylation sites (tertiary alicyclic amines) is 1. The number of likely N-dealkylation sites (N-methyl/N-ethyl adjacent to an activating group) is 1. The van der Waals surface area contributed by atoms with Crippen molar-refractivity contribution in [1.82, 2.24) is 9.80 Å². The highest BCUT2D eigenvalue weighted by atomic mass is 35.5. The third-order valence-corrected chi connectivity index (χ3v) is 5.97. The number of rotatable bonds is 5. The number of aliphatic hydroxyl groups is 1. The predicted octanol–water partition coefficient (Wildman–Crippen LogP) is 4.59. The molecule has 30 heavy (non-hydrogen) atoms. The second-order valence-corrected chi connectivity index (χ2v) is 8.60. The summed E-state index contributed by atoms with van der Waals surface area (Å²) in [5.41, 5.74) is 2.96. The molecule has 1 fully saturated rings. The second kappa shape index (κ2) is 8.80. The molecule has 1 N–H and O–H groups in total.